The zero-order valence-electron chi connectivity index (χ0n) is 10.1. The van der Waals surface area contributed by atoms with Gasteiger partial charge in [-0.1, -0.05) is 33.6 Å². The van der Waals surface area contributed by atoms with Gasteiger partial charge in [-0.05, 0) is 18.6 Å². The molecule has 0 spiro atoms. The van der Waals surface area contributed by atoms with Gasteiger partial charge in [0, 0.05) is 30.9 Å². The van der Waals surface area contributed by atoms with Crippen molar-refractivity contribution < 1.29 is 13.5 Å². The Morgan fingerprint density at radius 3 is 2.67 bits per heavy atom. The van der Waals surface area contributed by atoms with E-state index in [0.29, 0.717) is 23.3 Å². The summed E-state index contributed by atoms with van der Waals surface area (Å²) in [5.74, 6) is 0.0812. The fourth-order valence-corrected chi connectivity index (χ4v) is 4.48. The van der Waals surface area contributed by atoms with Crippen molar-refractivity contribution in [1.29, 1.82) is 0 Å². The Kier molecular flexibility index (Phi) is 4.11. The van der Waals surface area contributed by atoms with E-state index in [2.05, 4.69) is 15.9 Å². The molecule has 0 aliphatic carbocycles. The quantitative estimate of drug-likeness (QED) is 0.849. The SMILES string of the molecule is Cc1ccc(S(=O)(=O)N2CC(CO)C2)c(CBr)c1. The molecule has 2 rings (SSSR count). The summed E-state index contributed by atoms with van der Waals surface area (Å²) in [6.07, 6.45) is 0. The molecule has 1 fully saturated rings. The minimum atomic E-state index is -3.41. The van der Waals surface area contributed by atoms with E-state index in [-0.39, 0.29) is 12.5 Å². The summed E-state index contributed by atoms with van der Waals surface area (Å²) in [5.41, 5.74) is 1.82. The molecule has 1 aromatic rings. The molecule has 0 atom stereocenters. The van der Waals surface area contributed by atoms with Crippen molar-refractivity contribution in [3.8, 4) is 0 Å². The summed E-state index contributed by atoms with van der Waals surface area (Å²) < 4.78 is 26.2. The molecule has 0 amide bonds. The number of benzene rings is 1. The van der Waals surface area contributed by atoms with Crippen LogP contribution in [0.1, 0.15) is 11.1 Å². The van der Waals surface area contributed by atoms with Gasteiger partial charge in [-0.2, -0.15) is 4.31 Å². The van der Waals surface area contributed by atoms with Crippen LogP contribution >= 0.6 is 15.9 Å². The highest BCUT2D eigenvalue weighted by molar-refractivity contribution is 9.08. The summed E-state index contributed by atoms with van der Waals surface area (Å²) in [6.45, 7) is 2.81. The normalized spacial score (nSPS) is 17.7. The Balaban J connectivity index is 2.31. The number of hydrogen-bond acceptors (Lipinski definition) is 3. The second kappa shape index (κ2) is 5.28. The summed E-state index contributed by atoms with van der Waals surface area (Å²) in [6, 6.07) is 5.35. The number of nitrogens with zero attached hydrogens (tertiary/aromatic N) is 1. The van der Waals surface area contributed by atoms with Gasteiger partial charge in [-0.3, -0.25) is 0 Å². The summed E-state index contributed by atoms with van der Waals surface area (Å²) >= 11 is 3.33. The van der Waals surface area contributed by atoms with E-state index < -0.39 is 10.0 Å². The van der Waals surface area contributed by atoms with Crippen LogP contribution < -0.4 is 0 Å². The third-order valence-corrected chi connectivity index (χ3v) is 5.70. The van der Waals surface area contributed by atoms with Crippen molar-refractivity contribution in [1.82, 2.24) is 4.31 Å². The van der Waals surface area contributed by atoms with Crippen molar-refractivity contribution in [3.05, 3.63) is 29.3 Å². The lowest BCUT2D eigenvalue weighted by molar-refractivity contribution is 0.117. The van der Waals surface area contributed by atoms with Gasteiger partial charge >= 0.3 is 0 Å². The maximum atomic E-state index is 12.4. The number of sulfonamides is 1. The molecule has 1 saturated heterocycles. The van der Waals surface area contributed by atoms with Gasteiger partial charge in [0.15, 0.2) is 0 Å². The van der Waals surface area contributed by atoms with Crippen LogP contribution in [0.4, 0.5) is 0 Å². The number of aryl methyl sites for hydroxylation is 1. The van der Waals surface area contributed by atoms with Crippen molar-refractivity contribution in [2.45, 2.75) is 17.1 Å². The molecular weight excluding hydrogens is 318 g/mol. The molecule has 4 nitrogen and oxygen atoms in total. The molecule has 0 bridgehead atoms. The molecule has 1 aliphatic rings. The third-order valence-electron chi connectivity index (χ3n) is 3.16. The lowest BCUT2D eigenvalue weighted by Gasteiger charge is -2.37. The maximum Gasteiger partial charge on any atom is 0.243 e. The van der Waals surface area contributed by atoms with E-state index in [1.54, 1.807) is 6.07 Å². The van der Waals surface area contributed by atoms with Gasteiger partial charge in [0.1, 0.15) is 0 Å². The predicted molar refractivity (Wildman–Crippen MR) is 73.1 cm³/mol. The van der Waals surface area contributed by atoms with Crippen LogP contribution in [-0.2, 0) is 15.4 Å². The van der Waals surface area contributed by atoms with Gasteiger partial charge in [-0.25, -0.2) is 8.42 Å². The number of halogens is 1. The zero-order valence-corrected chi connectivity index (χ0v) is 12.5. The molecule has 0 saturated carbocycles. The molecule has 1 aliphatic heterocycles. The fraction of sp³-hybridized carbons (Fsp3) is 0.500. The summed E-state index contributed by atoms with van der Waals surface area (Å²) in [4.78, 5) is 0.362. The number of aliphatic hydroxyl groups excluding tert-OH is 1. The molecule has 0 radical (unpaired) electrons. The Bertz CT molecular complexity index is 538. The average molecular weight is 334 g/mol. The Hall–Kier alpha value is -0.430. The first-order chi connectivity index (χ1) is 8.48. The van der Waals surface area contributed by atoms with Crippen LogP contribution in [0.5, 0.6) is 0 Å². The van der Waals surface area contributed by atoms with E-state index in [4.69, 9.17) is 5.11 Å². The second-order valence-electron chi connectivity index (χ2n) is 4.62. The first-order valence-corrected chi connectivity index (χ1v) is 8.31. The lowest BCUT2D eigenvalue weighted by Crippen LogP contribution is -2.51. The lowest BCUT2D eigenvalue weighted by atomic mass is 10.1. The summed E-state index contributed by atoms with van der Waals surface area (Å²) in [5, 5.41) is 9.46. The van der Waals surface area contributed by atoms with Gasteiger partial charge < -0.3 is 5.11 Å². The fourth-order valence-electron chi connectivity index (χ4n) is 2.04. The number of rotatable bonds is 4. The third kappa shape index (κ3) is 2.47. The Morgan fingerprint density at radius 2 is 2.11 bits per heavy atom. The van der Waals surface area contributed by atoms with Crippen molar-refractivity contribution in [3.63, 3.8) is 0 Å². The largest absolute Gasteiger partial charge is 0.396 e. The van der Waals surface area contributed by atoms with Crippen LogP contribution in [0.25, 0.3) is 0 Å². The van der Waals surface area contributed by atoms with Crippen molar-refractivity contribution >= 4 is 26.0 Å². The smallest absolute Gasteiger partial charge is 0.243 e. The van der Waals surface area contributed by atoms with E-state index in [0.717, 1.165) is 11.1 Å². The minimum absolute atomic E-state index is 0.0468. The van der Waals surface area contributed by atoms with Gasteiger partial charge in [0.25, 0.3) is 0 Å². The van der Waals surface area contributed by atoms with Crippen LogP contribution in [0.3, 0.4) is 0 Å². The molecule has 18 heavy (non-hydrogen) atoms. The highest BCUT2D eigenvalue weighted by Crippen LogP contribution is 2.28. The van der Waals surface area contributed by atoms with Crippen LogP contribution in [0.15, 0.2) is 23.1 Å². The van der Waals surface area contributed by atoms with Gasteiger partial charge in [0.05, 0.1) is 4.90 Å². The van der Waals surface area contributed by atoms with Crippen molar-refractivity contribution in [2.24, 2.45) is 5.92 Å². The predicted octanol–water partition coefficient (Wildman–Crippen LogP) is 1.50. The molecule has 1 N–H and O–H groups in total. The molecule has 6 heteroatoms. The highest BCUT2D eigenvalue weighted by Gasteiger charge is 2.37. The molecule has 0 unspecified atom stereocenters. The van der Waals surface area contributed by atoms with E-state index in [1.165, 1.54) is 4.31 Å². The van der Waals surface area contributed by atoms with Gasteiger partial charge in [-0.15, -0.1) is 0 Å². The number of alkyl halides is 1. The van der Waals surface area contributed by atoms with Gasteiger partial charge in [0.2, 0.25) is 10.0 Å². The standard InChI is InChI=1S/C12H16BrNO3S/c1-9-2-3-12(11(4-9)5-13)18(16,17)14-6-10(7-14)8-15/h2-4,10,15H,5-8H2,1H3. The highest BCUT2D eigenvalue weighted by atomic mass is 79.9. The second-order valence-corrected chi connectivity index (χ2v) is 7.08. The monoisotopic (exact) mass is 333 g/mol. The van der Waals surface area contributed by atoms with Crippen LogP contribution in [-0.4, -0.2) is 37.5 Å². The minimum Gasteiger partial charge on any atom is -0.396 e. The molecule has 100 valence electrons. The van der Waals surface area contributed by atoms with E-state index in [9.17, 15) is 8.42 Å². The van der Waals surface area contributed by atoms with Crippen molar-refractivity contribution in [2.75, 3.05) is 19.7 Å². The molecule has 1 aromatic carbocycles. The first-order valence-electron chi connectivity index (χ1n) is 5.75. The average Bonchev–Trinajstić information content (AvgIpc) is 2.26. The number of hydrogen-bond donors (Lipinski definition) is 1. The molecule has 1 heterocycles. The summed E-state index contributed by atoms with van der Waals surface area (Å²) in [7, 11) is -3.41. The maximum absolute atomic E-state index is 12.4. The Morgan fingerprint density at radius 1 is 1.44 bits per heavy atom. The molecule has 0 aromatic heterocycles. The van der Waals surface area contributed by atoms with E-state index in [1.807, 2.05) is 19.1 Å². The van der Waals surface area contributed by atoms with E-state index >= 15 is 0 Å². The molecular formula is C12H16BrNO3S. The zero-order chi connectivity index (χ0) is 13.3. The van der Waals surface area contributed by atoms with Crippen LogP contribution in [0.2, 0.25) is 0 Å². The topological polar surface area (TPSA) is 57.6 Å². The van der Waals surface area contributed by atoms with Crippen LogP contribution in [0, 0.1) is 12.8 Å². The Labute approximate surface area is 116 Å². The number of aliphatic hydroxyl groups is 1. The first kappa shape index (κ1) is 14.0.